The average Bonchev–Trinajstić information content (AvgIpc) is 3.35. The van der Waals surface area contributed by atoms with Gasteiger partial charge in [-0.15, -0.1) is 0 Å². The van der Waals surface area contributed by atoms with Gasteiger partial charge in [0.05, 0.1) is 16.6 Å². The third kappa shape index (κ3) is 5.78. The van der Waals surface area contributed by atoms with E-state index < -0.39 is 5.82 Å². The number of hydrogen-bond donors (Lipinski definition) is 1. The smallest absolute Gasteiger partial charge is 0.258 e. The van der Waals surface area contributed by atoms with Crippen LogP contribution in [0.15, 0.2) is 48.5 Å². The molecule has 34 heavy (non-hydrogen) atoms. The molecule has 182 valence electrons. The molecule has 2 unspecified atom stereocenters. The van der Waals surface area contributed by atoms with Gasteiger partial charge in [0.15, 0.2) is 0 Å². The topological polar surface area (TPSA) is 52.7 Å². The quantitative estimate of drug-likeness (QED) is 0.585. The maximum atomic E-state index is 14.2. The third-order valence-corrected chi connectivity index (χ3v) is 7.21. The number of nitrogens with one attached hydrogen (secondary N) is 1. The van der Waals surface area contributed by atoms with Crippen molar-refractivity contribution in [3.05, 3.63) is 70.5 Å². The van der Waals surface area contributed by atoms with Crippen LogP contribution in [0.5, 0.6) is 0 Å². The number of nitrogens with zero attached hydrogens (tertiary/aromatic N) is 2. The molecule has 3 atom stereocenters. The summed E-state index contributed by atoms with van der Waals surface area (Å²) in [6.45, 7) is 8.03. The Morgan fingerprint density at radius 2 is 1.71 bits per heavy atom. The molecule has 0 aromatic heterocycles. The van der Waals surface area contributed by atoms with Crippen LogP contribution in [-0.2, 0) is 4.79 Å². The molecule has 2 amide bonds. The molecule has 0 aliphatic carbocycles. The van der Waals surface area contributed by atoms with Gasteiger partial charge in [-0.3, -0.25) is 9.59 Å². The molecule has 2 fully saturated rings. The molecular formula is C27H33ClFN3O2. The van der Waals surface area contributed by atoms with Gasteiger partial charge in [0.2, 0.25) is 5.91 Å². The van der Waals surface area contributed by atoms with Crippen molar-refractivity contribution >= 4 is 23.4 Å². The molecule has 2 heterocycles. The maximum Gasteiger partial charge on any atom is 0.258 e. The standard InChI is InChI=1S/C27H33ClFN3O2/c1-18(2)13-25(33)30-24(19-7-4-3-5-8-19)11-12-31-14-20-16-32(17-21(20)15-31)27(34)26-22(28)9-6-10-23(26)29/h3-10,18,20-21,24H,11-17H2,1-2H3,(H,30,33)/t20?,21?,24-/m0/s1. The fraction of sp³-hybridized carbons (Fsp3) is 0.481. The maximum absolute atomic E-state index is 14.2. The Morgan fingerprint density at radius 3 is 2.32 bits per heavy atom. The Hall–Kier alpha value is -2.44. The van der Waals surface area contributed by atoms with E-state index in [0.29, 0.717) is 37.3 Å². The van der Waals surface area contributed by atoms with Crippen molar-refractivity contribution in [2.75, 3.05) is 32.7 Å². The van der Waals surface area contributed by atoms with Gasteiger partial charge in [-0.1, -0.05) is 61.8 Å². The lowest BCUT2D eigenvalue weighted by molar-refractivity contribution is -0.122. The number of carbonyl (C=O) groups excluding carboxylic acids is 2. The number of amides is 2. The first-order valence-electron chi connectivity index (χ1n) is 12.1. The van der Waals surface area contributed by atoms with Crippen molar-refractivity contribution in [1.82, 2.24) is 15.1 Å². The van der Waals surface area contributed by atoms with Crippen molar-refractivity contribution in [2.45, 2.75) is 32.7 Å². The minimum absolute atomic E-state index is 0.0193. The fourth-order valence-electron chi connectivity index (χ4n) is 5.24. The Balaban J connectivity index is 1.33. The van der Waals surface area contributed by atoms with Crippen LogP contribution in [0.3, 0.4) is 0 Å². The molecule has 7 heteroatoms. The SMILES string of the molecule is CC(C)CC(=O)N[C@@H](CCN1CC2CN(C(=O)c3c(F)cccc3Cl)CC2C1)c1ccccc1. The predicted octanol–water partition coefficient (Wildman–Crippen LogP) is 4.78. The molecule has 2 aliphatic rings. The van der Waals surface area contributed by atoms with Crippen LogP contribution >= 0.6 is 11.6 Å². The van der Waals surface area contributed by atoms with E-state index in [-0.39, 0.29) is 28.4 Å². The first-order valence-corrected chi connectivity index (χ1v) is 12.5. The molecule has 1 N–H and O–H groups in total. The van der Waals surface area contributed by atoms with Gasteiger partial charge < -0.3 is 15.1 Å². The summed E-state index contributed by atoms with van der Waals surface area (Å²) in [4.78, 5) is 29.5. The Morgan fingerprint density at radius 1 is 1.03 bits per heavy atom. The van der Waals surface area contributed by atoms with E-state index in [1.165, 1.54) is 12.1 Å². The molecule has 2 aromatic rings. The Kier molecular flexibility index (Phi) is 7.89. The van der Waals surface area contributed by atoms with E-state index in [1.54, 1.807) is 11.0 Å². The molecular weight excluding hydrogens is 453 g/mol. The Labute approximate surface area is 206 Å². The zero-order chi connectivity index (χ0) is 24.2. The molecule has 0 bridgehead atoms. The van der Waals surface area contributed by atoms with Crippen molar-refractivity contribution < 1.29 is 14.0 Å². The molecule has 2 saturated heterocycles. The minimum Gasteiger partial charge on any atom is -0.349 e. The highest BCUT2D eigenvalue weighted by Gasteiger charge is 2.42. The highest BCUT2D eigenvalue weighted by atomic mass is 35.5. The molecule has 2 aromatic carbocycles. The lowest BCUT2D eigenvalue weighted by Gasteiger charge is -2.25. The second kappa shape index (κ2) is 10.9. The largest absolute Gasteiger partial charge is 0.349 e. The average molecular weight is 486 g/mol. The van der Waals surface area contributed by atoms with Crippen LogP contribution in [-0.4, -0.2) is 54.3 Å². The number of halogens is 2. The summed E-state index contributed by atoms with van der Waals surface area (Å²) in [6, 6.07) is 14.5. The van der Waals surface area contributed by atoms with E-state index in [9.17, 15) is 14.0 Å². The van der Waals surface area contributed by atoms with Crippen LogP contribution in [0, 0.1) is 23.6 Å². The van der Waals surface area contributed by atoms with Gasteiger partial charge in [0, 0.05) is 39.1 Å². The van der Waals surface area contributed by atoms with Gasteiger partial charge >= 0.3 is 0 Å². The summed E-state index contributed by atoms with van der Waals surface area (Å²) >= 11 is 6.11. The molecule has 0 spiro atoms. The van der Waals surface area contributed by atoms with E-state index in [0.717, 1.165) is 31.6 Å². The van der Waals surface area contributed by atoms with Gasteiger partial charge in [-0.05, 0) is 41.9 Å². The lowest BCUT2D eigenvalue weighted by atomic mass is 10.0. The first kappa shape index (κ1) is 24.7. The number of likely N-dealkylation sites (tertiary alicyclic amines) is 2. The summed E-state index contributed by atoms with van der Waals surface area (Å²) in [5.41, 5.74) is 1.10. The van der Waals surface area contributed by atoms with Gasteiger partial charge in [-0.2, -0.15) is 0 Å². The van der Waals surface area contributed by atoms with E-state index in [2.05, 4.69) is 22.3 Å². The summed E-state index contributed by atoms with van der Waals surface area (Å²) in [6.07, 6.45) is 1.36. The van der Waals surface area contributed by atoms with E-state index >= 15 is 0 Å². The molecule has 4 rings (SSSR count). The van der Waals surface area contributed by atoms with Crippen molar-refractivity contribution in [1.29, 1.82) is 0 Å². The molecule has 0 saturated carbocycles. The van der Waals surface area contributed by atoms with Crippen LogP contribution in [0.4, 0.5) is 4.39 Å². The van der Waals surface area contributed by atoms with Crippen LogP contribution in [0.1, 0.15) is 48.7 Å². The van der Waals surface area contributed by atoms with Gasteiger partial charge in [0.25, 0.3) is 5.91 Å². The van der Waals surface area contributed by atoms with Crippen LogP contribution in [0.2, 0.25) is 5.02 Å². The normalized spacial score (nSPS) is 21.0. The molecule has 5 nitrogen and oxygen atoms in total. The van der Waals surface area contributed by atoms with E-state index in [1.807, 2.05) is 32.0 Å². The highest BCUT2D eigenvalue weighted by Crippen LogP contribution is 2.33. The zero-order valence-corrected chi connectivity index (χ0v) is 20.6. The summed E-state index contributed by atoms with van der Waals surface area (Å²) in [5.74, 6) is 0.270. The van der Waals surface area contributed by atoms with Crippen molar-refractivity contribution in [2.24, 2.45) is 17.8 Å². The summed E-state index contributed by atoms with van der Waals surface area (Å²) in [7, 11) is 0. The summed E-state index contributed by atoms with van der Waals surface area (Å²) < 4.78 is 14.2. The Bertz CT molecular complexity index is 982. The fourth-order valence-corrected chi connectivity index (χ4v) is 5.49. The zero-order valence-electron chi connectivity index (χ0n) is 19.8. The lowest BCUT2D eigenvalue weighted by Crippen LogP contribution is -2.35. The highest BCUT2D eigenvalue weighted by molar-refractivity contribution is 6.33. The summed E-state index contributed by atoms with van der Waals surface area (Å²) in [5, 5.41) is 3.39. The number of benzene rings is 2. The minimum atomic E-state index is -0.567. The number of rotatable bonds is 8. The number of fused-ring (bicyclic) bond motifs is 1. The van der Waals surface area contributed by atoms with Gasteiger partial charge in [0.1, 0.15) is 5.82 Å². The first-order chi connectivity index (χ1) is 16.3. The monoisotopic (exact) mass is 485 g/mol. The third-order valence-electron chi connectivity index (χ3n) is 6.89. The van der Waals surface area contributed by atoms with Crippen LogP contribution in [0.25, 0.3) is 0 Å². The second-order valence-corrected chi connectivity index (χ2v) is 10.4. The van der Waals surface area contributed by atoms with Crippen molar-refractivity contribution in [3.8, 4) is 0 Å². The molecule has 0 radical (unpaired) electrons. The second-order valence-electron chi connectivity index (χ2n) is 10.0. The molecule has 2 aliphatic heterocycles. The number of hydrogen-bond acceptors (Lipinski definition) is 3. The predicted molar refractivity (Wildman–Crippen MR) is 132 cm³/mol. The van der Waals surface area contributed by atoms with Crippen LogP contribution < -0.4 is 5.32 Å². The van der Waals surface area contributed by atoms with E-state index in [4.69, 9.17) is 11.6 Å². The van der Waals surface area contributed by atoms with Gasteiger partial charge in [-0.25, -0.2) is 4.39 Å². The van der Waals surface area contributed by atoms with Crippen molar-refractivity contribution in [3.63, 3.8) is 0 Å². The number of carbonyl (C=O) groups is 2.